The molecule has 0 spiro atoms. The predicted octanol–water partition coefficient (Wildman–Crippen LogP) is 2.21. The minimum atomic E-state index is -0.442. The van der Waals surface area contributed by atoms with E-state index in [1.165, 1.54) is 32.8 Å². The van der Waals surface area contributed by atoms with Gasteiger partial charge in [0, 0.05) is 42.9 Å². The van der Waals surface area contributed by atoms with Crippen LogP contribution in [-0.4, -0.2) is 46.8 Å². The monoisotopic (exact) mass is 386 g/mol. The summed E-state index contributed by atoms with van der Waals surface area (Å²) in [4.78, 5) is 28.1. The van der Waals surface area contributed by atoms with Gasteiger partial charge in [-0.15, -0.1) is 0 Å². The van der Waals surface area contributed by atoms with Crippen LogP contribution in [0.3, 0.4) is 0 Å². The van der Waals surface area contributed by atoms with Crippen LogP contribution in [0.2, 0.25) is 0 Å². The van der Waals surface area contributed by atoms with Crippen molar-refractivity contribution in [3.8, 4) is 0 Å². The van der Waals surface area contributed by atoms with Crippen molar-refractivity contribution >= 4 is 12.0 Å². The Bertz CT molecular complexity index is 824. The number of esters is 1. The number of fused-ring (bicyclic) bond motifs is 4. The van der Waals surface area contributed by atoms with Crippen molar-refractivity contribution in [2.45, 2.75) is 51.2 Å². The fourth-order valence-electron chi connectivity index (χ4n) is 5.69. The van der Waals surface area contributed by atoms with E-state index in [9.17, 15) is 14.7 Å². The summed E-state index contributed by atoms with van der Waals surface area (Å²) >= 11 is 0. The maximum Gasteiger partial charge on any atom is 0.311 e. The van der Waals surface area contributed by atoms with Gasteiger partial charge in [-0.05, 0) is 37.8 Å². The smallest absolute Gasteiger partial charge is 0.311 e. The first-order chi connectivity index (χ1) is 13.6. The predicted molar refractivity (Wildman–Crippen MR) is 107 cm³/mol. The van der Waals surface area contributed by atoms with Crippen molar-refractivity contribution in [2.24, 2.45) is 17.8 Å². The number of hydrogen-bond acceptors (Lipinski definition) is 5. The number of aromatic nitrogens is 1. The quantitative estimate of drug-likeness (QED) is 0.786. The van der Waals surface area contributed by atoms with Gasteiger partial charge >= 0.3 is 5.97 Å². The molecule has 28 heavy (non-hydrogen) atoms. The first kappa shape index (κ1) is 19.4. The molecule has 3 heterocycles. The van der Waals surface area contributed by atoms with E-state index < -0.39 is 5.92 Å². The Kier molecular flexibility index (Phi) is 5.43. The van der Waals surface area contributed by atoms with Crippen molar-refractivity contribution in [3.05, 3.63) is 39.8 Å². The van der Waals surface area contributed by atoms with Crippen LogP contribution in [0, 0.1) is 17.8 Å². The third-order valence-electron chi connectivity index (χ3n) is 6.96. The van der Waals surface area contributed by atoms with Gasteiger partial charge in [-0.2, -0.15) is 0 Å². The van der Waals surface area contributed by atoms with Gasteiger partial charge in [-0.1, -0.05) is 25.0 Å². The Morgan fingerprint density at radius 2 is 2.07 bits per heavy atom. The second-order valence-electron chi connectivity index (χ2n) is 8.38. The molecule has 0 aromatic carbocycles. The van der Waals surface area contributed by atoms with E-state index in [1.807, 2.05) is 35.8 Å². The summed E-state index contributed by atoms with van der Waals surface area (Å²) in [6.07, 6.45) is 8.65. The van der Waals surface area contributed by atoms with Crippen LogP contribution in [-0.2, 0) is 16.1 Å². The lowest BCUT2D eigenvalue weighted by molar-refractivity contribution is -0.148. The zero-order valence-corrected chi connectivity index (χ0v) is 16.7. The number of carbonyl (C=O) groups excluding carboxylic acids is 1. The number of allylic oxidation sites excluding steroid dienone is 1. The number of carbonyl (C=O) groups is 1. The molecule has 2 bridgehead atoms. The summed E-state index contributed by atoms with van der Waals surface area (Å²) in [5, 5.41) is 10.2. The minimum Gasteiger partial charge on any atom is -0.469 e. The minimum absolute atomic E-state index is 0.0201. The fraction of sp³-hybridized carbons (Fsp3) is 0.636. The SMILES string of the molecule is C/C=C\c1ccc2n(c1=O)C[C@H]1[C@H](CO)[C@@H](C(=O)OC)[C@@H]2N1CC1CCCC1. The van der Waals surface area contributed by atoms with Crippen LogP contribution in [0.4, 0.5) is 0 Å². The van der Waals surface area contributed by atoms with Crippen LogP contribution in [0.1, 0.15) is 49.9 Å². The Labute approximate surface area is 165 Å². The Balaban J connectivity index is 1.80. The Morgan fingerprint density at radius 1 is 1.32 bits per heavy atom. The van der Waals surface area contributed by atoms with Gasteiger partial charge < -0.3 is 14.4 Å². The summed E-state index contributed by atoms with van der Waals surface area (Å²) in [5.74, 6) is -0.326. The summed E-state index contributed by atoms with van der Waals surface area (Å²) in [6.45, 7) is 3.25. The second kappa shape index (κ2) is 7.84. The Morgan fingerprint density at radius 3 is 2.71 bits per heavy atom. The molecule has 1 saturated heterocycles. The van der Waals surface area contributed by atoms with E-state index >= 15 is 0 Å². The topological polar surface area (TPSA) is 71.8 Å². The molecule has 2 aliphatic heterocycles. The number of aliphatic hydroxyl groups excluding tert-OH is 1. The van der Waals surface area contributed by atoms with Gasteiger partial charge in [0.1, 0.15) is 0 Å². The lowest BCUT2D eigenvalue weighted by Crippen LogP contribution is -2.48. The van der Waals surface area contributed by atoms with E-state index in [1.54, 1.807) is 0 Å². The van der Waals surface area contributed by atoms with Crippen molar-refractivity contribution in [2.75, 3.05) is 20.3 Å². The van der Waals surface area contributed by atoms with Gasteiger partial charge in [0.2, 0.25) is 0 Å². The van der Waals surface area contributed by atoms with Gasteiger partial charge in [-0.25, -0.2) is 0 Å². The third kappa shape index (κ3) is 3.03. The number of aliphatic hydroxyl groups is 1. The highest BCUT2D eigenvalue weighted by atomic mass is 16.5. The number of methoxy groups -OCH3 is 1. The van der Waals surface area contributed by atoms with Gasteiger partial charge in [0.25, 0.3) is 5.56 Å². The van der Waals surface area contributed by atoms with Crippen molar-refractivity contribution < 1.29 is 14.6 Å². The second-order valence-corrected chi connectivity index (χ2v) is 8.38. The summed E-state index contributed by atoms with van der Waals surface area (Å²) in [5.41, 5.74) is 1.51. The average molecular weight is 386 g/mol. The molecule has 1 aromatic heterocycles. The van der Waals surface area contributed by atoms with E-state index in [-0.39, 0.29) is 36.1 Å². The highest BCUT2D eigenvalue weighted by Gasteiger charge is 2.56. The molecule has 1 aromatic rings. The maximum atomic E-state index is 13.0. The average Bonchev–Trinajstić information content (AvgIpc) is 3.28. The van der Waals surface area contributed by atoms with Crippen LogP contribution >= 0.6 is 0 Å². The molecule has 2 fully saturated rings. The molecule has 6 nitrogen and oxygen atoms in total. The fourth-order valence-corrected chi connectivity index (χ4v) is 5.69. The van der Waals surface area contributed by atoms with Crippen LogP contribution in [0.15, 0.2) is 23.0 Å². The first-order valence-electron chi connectivity index (χ1n) is 10.4. The van der Waals surface area contributed by atoms with Gasteiger partial charge in [0.15, 0.2) is 0 Å². The van der Waals surface area contributed by atoms with Crippen molar-refractivity contribution in [3.63, 3.8) is 0 Å². The van der Waals surface area contributed by atoms with E-state index in [2.05, 4.69) is 4.90 Å². The normalized spacial score (nSPS) is 30.1. The lowest BCUT2D eigenvalue weighted by Gasteiger charge is -2.39. The molecule has 0 unspecified atom stereocenters. The van der Waals surface area contributed by atoms with Crippen LogP contribution in [0.5, 0.6) is 0 Å². The molecule has 3 aliphatic rings. The summed E-state index contributed by atoms with van der Waals surface area (Å²) < 4.78 is 6.95. The zero-order valence-electron chi connectivity index (χ0n) is 16.7. The summed E-state index contributed by atoms with van der Waals surface area (Å²) in [6, 6.07) is 3.60. The molecule has 0 radical (unpaired) electrons. The van der Waals surface area contributed by atoms with E-state index in [4.69, 9.17) is 4.74 Å². The van der Waals surface area contributed by atoms with Gasteiger partial charge in [0.05, 0.1) is 19.1 Å². The van der Waals surface area contributed by atoms with Crippen LogP contribution in [0.25, 0.3) is 6.08 Å². The summed E-state index contributed by atoms with van der Waals surface area (Å²) in [7, 11) is 1.41. The molecule has 1 saturated carbocycles. The molecule has 6 heteroatoms. The number of pyridine rings is 1. The number of ether oxygens (including phenoxy) is 1. The number of hydrogen-bond donors (Lipinski definition) is 1. The molecule has 152 valence electrons. The number of nitrogens with zero attached hydrogens (tertiary/aromatic N) is 2. The highest BCUT2D eigenvalue weighted by molar-refractivity contribution is 5.74. The zero-order chi connectivity index (χ0) is 19.8. The van der Waals surface area contributed by atoms with Crippen molar-refractivity contribution in [1.29, 1.82) is 0 Å². The maximum absolute atomic E-state index is 13.0. The first-order valence-corrected chi connectivity index (χ1v) is 10.4. The third-order valence-corrected chi connectivity index (χ3v) is 6.96. The molecule has 4 rings (SSSR count). The lowest BCUT2D eigenvalue weighted by atomic mass is 9.87. The number of rotatable bonds is 5. The molecule has 1 N–H and O–H groups in total. The van der Waals surface area contributed by atoms with E-state index in [0.717, 1.165) is 12.2 Å². The highest BCUT2D eigenvalue weighted by Crippen LogP contribution is 2.49. The largest absolute Gasteiger partial charge is 0.469 e. The molecule has 1 aliphatic carbocycles. The van der Waals surface area contributed by atoms with Gasteiger partial charge in [-0.3, -0.25) is 14.5 Å². The Hall–Kier alpha value is -1.92. The molecule has 0 amide bonds. The van der Waals surface area contributed by atoms with Crippen molar-refractivity contribution in [1.82, 2.24) is 9.47 Å². The van der Waals surface area contributed by atoms with Crippen LogP contribution < -0.4 is 5.56 Å². The molecular weight excluding hydrogens is 356 g/mol. The van der Waals surface area contributed by atoms with E-state index in [0.29, 0.717) is 18.0 Å². The molecule has 4 atom stereocenters. The molecular formula is C22H30N2O4. The standard InChI is InChI=1S/C22H30N2O4/c1-3-6-15-9-10-17-20-19(22(27)28-2)16(13-25)18(12-24(17)21(15)26)23(20)11-14-7-4-5-8-14/h3,6,9-10,14,16,18-20,25H,4-5,7-8,11-13H2,1-2H3/b6-3-/t16-,18-,19+,20+/m0/s1.